The van der Waals surface area contributed by atoms with Crippen molar-refractivity contribution in [2.24, 2.45) is 5.73 Å². The highest BCUT2D eigenvalue weighted by Gasteiger charge is 2.31. The lowest BCUT2D eigenvalue weighted by Gasteiger charge is -2.29. The predicted molar refractivity (Wildman–Crippen MR) is 64.0 cm³/mol. The van der Waals surface area contributed by atoms with Crippen LogP contribution in [0.2, 0.25) is 0 Å². The lowest BCUT2D eigenvalue weighted by molar-refractivity contribution is -0.142. The van der Waals surface area contributed by atoms with Crippen LogP contribution in [0.25, 0.3) is 0 Å². The zero-order valence-electron chi connectivity index (χ0n) is 10.7. The first-order chi connectivity index (χ1) is 8.40. The van der Waals surface area contributed by atoms with Gasteiger partial charge >= 0.3 is 0 Å². The first-order valence-corrected chi connectivity index (χ1v) is 5.74. The van der Waals surface area contributed by atoms with E-state index in [1.165, 1.54) is 0 Å². The number of carbonyl (C=O) groups is 3. The monoisotopic (exact) mass is 260 g/mol. The first-order valence-electron chi connectivity index (χ1n) is 5.74. The van der Waals surface area contributed by atoms with Crippen molar-refractivity contribution in [2.75, 3.05) is 26.3 Å². The van der Waals surface area contributed by atoms with Gasteiger partial charge in [0, 0.05) is 33.0 Å². The van der Waals surface area contributed by atoms with Gasteiger partial charge in [0.1, 0.15) is 6.04 Å². The molecule has 1 aliphatic rings. The lowest BCUT2D eigenvalue weighted by Crippen LogP contribution is -2.54. The fourth-order valence-corrected chi connectivity index (χ4v) is 1.39. The molecular formula is C11H20N2O5. The molecule has 1 rings (SSSR count). The Balaban J connectivity index is 0.000000631. The van der Waals surface area contributed by atoms with Gasteiger partial charge in [-0.2, -0.15) is 0 Å². The number of rotatable bonds is 4. The Bertz CT molecular complexity index is 302. The fraction of sp³-hybridized carbons (Fsp3) is 0.727. The molecule has 1 fully saturated rings. The molecule has 0 bridgehead atoms. The summed E-state index contributed by atoms with van der Waals surface area (Å²) in [4.78, 5) is 33.1. The van der Waals surface area contributed by atoms with Crippen molar-refractivity contribution in [3.8, 4) is 0 Å². The molecule has 0 aromatic heterocycles. The van der Waals surface area contributed by atoms with E-state index < -0.39 is 12.0 Å². The quantitative estimate of drug-likeness (QED) is 0.508. The van der Waals surface area contributed by atoms with Gasteiger partial charge in [0.25, 0.3) is 5.97 Å². The molecule has 0 aromatic rings. The molecule has 7 nitrogen and oxygen atoms in total. The van der Waals surface area contributed by atoms with E-state index in [-0.39, 0.29) is 11.7 Å². The summed E-state index contributed by atoms with van der Waals surface area (Å²) in [5, 5.41) is 7.42. The molecule has 7 heteroatoms. The molecule has 1 atom stereocenters. The van der Waals surface area contributed by atoms with Crippen molar-refractivity contribution in [3.63, 3.8) is 0 Å². The minimum absolute atomic E-state index is 0.164. The number of hydrogen-bond acceptors (Lipinski definition) is 5. The van der Waals surface area contributed by atoms with E-state index in [0.717, 1.165) is 6.92 Å². The van der Waals surface area contributed by atoms with E-state index in [0.29, 0.717) is 32.7 Å². The summed E-state index contributed by atoms with van der Waals surface area (Å²) in [7, 11) is 0. The molecule has 3 N–H and O–H groups in total. The van der Waals surface area contributed by atoms with Crippen LogP contribution in [0.3, 0.4) is 0 Å². The van der Waals surface area contributed by atoms with Crippen LogP contribution in [0, 0.1) is 0 Å². The van der Waals surface area contributed by atoms with E-state index in [4.69, 9.17) is 20.4 Å². The number of likely N-dealkylation sites (tertiary alicyclic amines) is 1. The van der Waals surface area contributed by atoms with Crippen LogP contribution in [0.5, 0.6) is 0 Å². The van der Waals surface area contributed by atoms with Crippen molar-refractivity contribution in [1.29, 1.82) is 0 Å². The molecule has 1 saturated heterocycles. The normalized spacial score (nSPS) is 19.3. The third-order valence-corrected chi connectivity index (χ3v) is 2.26. The zero-order valence-corrected chi connectivity index (χ0v) is 10.7. The number of hydrogen-bond donors (Lipinski definition) is 2. The van der Waals surface area contributed by atoms with Gasteiger partial charge in [0.05, 0.1) is 6.61 Å². The maximum Gasteiger partial charge on any atom is 0.300 e. The summed E-state index contributed by atoms with van der Waals surface area (Å²) in [5.74, 6) is -1.27. The number of nitrogens with two attached hydrogens (primary N) is 1. The number of aliphatic carboxylic acids is 1. The van der Waals surface area contributed by atoms with Gasteiger partial charge in [-0.15, -0.1) is 0 Å². The Hall–Kier alpha value is -1.47. The number of piperidine rings is 1. The fourth-order valence-electron chi connectivity index (χ4n) is 1.39. The SMILES string of the molecule is CC(=O)O.CCOCCN1CCC(=O)C(N)C1=O. The van der Waals surface area contributed by atoms with Crippen LogP contribution in [0.4, 0.5) is 0 Å². The number of carbonyl (C=O) groups excluding carboxylic acids is 2. The van der Waals surface area contributed by atoms with Gasteiger partial charge in [0.15, 0.2) is 5.78 Å². The number of carboxylic acids is 1. The average Bonchev–Trinajstić information content (AvgIpc) is 2.29. The minimum Gasteiger partial charge on any atom is -0.481 e. The van der Waals surface area contributed by atoms with Crippen molar-refractivity contribution in [1.82, 2.24) is 4.90 Å². The van der Waals surface area contributed by atoms with Crippen LogP contribution < -0.4 is 5.73 Å². The van der Waals surface area contributed by atoms with Crippen molar-refractivity contribution in [3.05, 3.63) is 0 Å². The number of Topliss-reactive ketones (excluding diaryl/α,β-unsaturated/α-hetero) is 1. The Labute approximate surface area is 106 Å². The summed E-state index contributed by atoms with van der Waals surface area (Å²) in [6.45, 7) is 5.11. The zero-order chi connectivity index (χ0) is 14.1. The molecule has 18 heavy (non-hydrogen) atoms. The third-order valence-electron chi connectivity index (χ3n) is 2.26. The largest absolute Gasteiger partial charge is 0.481 e. The minimum atomic E-state index is -0.953. The van der Waals surface area contributed by atoms with Crippen molar-refractivity contribution in [2.45, 2.75) is 26.3 Å². The molecule has 1 aliphatic heterocycles. The molecule has 0 aliphatic carbocycles. The van der Waals surface area contributed by atoms with Gasteiger partial charge in [-0.1, -0.05) is 0 Å². The molecule has 0 saturated carbocycles. The summed E-state index contributed by atoms with van der Waals surface area (Å²) >= 11 is 0. The second-order valence-corrected chi connectivity index (χ2v) is 3.74. The van der Waals surface area contributed by atoms with Gasteiger partial charge < -0.3 is 20.5 Å². The summed E-state index contributed by atoms with van der Waals surface area (Å²) in [5.41, 5.74) is 5.43. The van der Waals surface area contributed by atoms with E-state index in [1.54, 1.807) is 4.90 Å². The second kappa shape index (κ2) is 8.60. The Kier molecular flexibility index (Phi) is 7.89. The standard InChI is InChI=1S/C9H16N2O3.C2H4O2/c1-2-14-6-5-11-4-3-7(12)8(10)9(11)13;1-2(3)4/h8H,2-6,10H2,1H3;1H3,(H,3,4). The molecule has 0 spiro atoms. The van der Waals surface area contributed by atoms with E-state index >= 15 is 0 Å². The molecule has 1 heterocycles. The number of ketones is 1. The van der Waals surface area contributed by atoms with Gasteiger partial charge in [0.2, 0.25) is 5.91 Å². The maximum absolute atomic E-state index is 11.5. The molecular weight excluding hydrogens is 240 g/mol. The molecule has 104 valence electrons. The molecule has 0 aromatic carbocycles. The Morgan fingerprint density at radius 1 is 1.56 bits per heavy atom. The van der Waals surface area contributed by atoms with Crippen LogP contribution in [-0.4, -0.2) is 60.0 Å². The lowest BCUT2D eigenvalue weighted by atomic mass is 10.0. The van der Waals surface area contributed by atoms with Gasteiger partial charge in [-0.05, 0) is 6.92 Å². The molecule has 1 unspecified atom stereocenters. The Morgan fingerprint density at radius 3 is 2.61 bits per heavy atom. The van der Waals surface area contributed by atoms with Crippen LogP contribution in [0.15, 0.2) is 0 Å². The summed E-state index contributed by atoms with van der Waals surface area (Å²) < 4.78 is 5.13. The van der Waals surface area contributed by atoms with Crippen LogP contribution >= 0.6 is 0 Å². The maximum atomic E-state index is 11.5. The van der Waals surface area contributed by atoms with E-state index in [2.05, 4.69) is 0 Å². The first kappa shape index (κ1) is 16.5. The topological polar surface area (TPSA) is 110 Å². The Morgan fingerprint density at radius 2 is 2.11 bits per heavy atom. The smallest absolute Gasteiger partial charge is 0.300 e. The van der Waals surface area contributed by atoms with Crippen LogP contribution in [0.1, 0.15) is 20.3 Å². The number of nitrogens with zero attached hydrogens (tertiary/aromatic N) is 1. The number of carboxylic acid groups (broad SMARTS) is 1. The number of ether oxygens (including phenoxy) is 1. The van der Waals surface area contributed by atoms with Crippen molar-refractivity contribution < 1.29 is 24.2 Å². The summed E-state index contributed by atoms with van der Waals surface area (Å²) in [6, 6.07) is -0.953. The van der Waals surface area contributed by atoms with E-state index in [1.807, 2.05) is 6.92 Å². The average molecular weight is 260 g/mol. The van der Waals surface area contributed by atoms with Gasteiger partial charge in [-0.25, -0.2) is 0 Å². The van der Waals surface area contributed by atoms with Crippen LogP contribution in [-0.2, 0) is 19.1 Å². The highest BCUT2D eigenvalue weighted by molar-refractivity contribution is 6.07. The summed E-state index contributed by atoms with van der Waals surface area (Å²) in [6.07, 6.45) is 0.360. The second-order valence-electron chi connectivity index (χ2n) is 3.74. The van der Waals surface area contributed by atoms with E-state index in [9.17, 15) is 9.59 Å². The van der Waals surface area contributed by atoms with Crippen molar-refractivity contribution >= 4 is 17.7 Å². The third kappa shape index (κ3) is 6.31. The number of amides is 1. The predicted octanol–water partition coefficient (Wildman–Crippen LogP) is -0.757. The molecule has 1 amide bonds. The highest BCUT2D eigenvalue weighted by Crippen LogP contribution is 2.06. The highest BCUT2D eigenvalue weighted by atomic mass is 16.5. The van der Waals surface area contributed by atoms with Gasteiger partial charge in [-0.3, -0.25) is 14.4 Å². The molecule has 0 radical (unpaired) electrons.